The van der Waals surface area contributed by atoms with Gasteiger partial charge in [0.15, 0.2) is 0 Å². The summed E-state index contributed by atoms with van der Waals surface area (Å²) in [5.74, 6) is 0.931. The van der Waals surface area contributed by atoms with Crippen molar-refractivity contribution in [2.24, 2.45) is 0 Å². The van der Waals surface area contributed by atoms with Gasteiger partial charge in [-0.2, -0.15) is 0 Å². The van der Waals surface area contributed by atoms with Gasteiger partial charge in [0.05, 0.1) is 0 Å². The molecule has 2 aromatic rings. The summed E-state index contributed by atoms with van der Waals surface area (Å²) < 4.78 is 5.72. The van der Waals surface area contributed by atoms with Gasteiger partial charge >= 0.3 is 0 Å². The molecule has 0 fully saturated rings. The number of hydrogen-bond donors (Lipinski definition) is 1. The summed E-state index contributed by atoms with van der Waals surface area (Å²) in [7, 11) is 6.09. The van der Waals surface area contributed by atoms with Crippen molar-refractivity contribution in [3.63, 3.8) is 0 Å². The number of thiophene rings is 1. The van der Waals surface area contributed by atoms with Crippen molar-refractivity contribution >= 4 is 11.3 Å². The average molecular weight is 304 g/mol. The molecule has 0 aliphatic rings. The van der Waals surface area contributed by atoms with Crippen molar-refractivity contribution in [2.45, 2.75) is 13.0 Å². The number of rotatable bonds is 7. The van der Waals surface area contributed by atoms with Crippen molar-refractivity contribution in [3.8, 4) is 16.2 Å². The van der Waals surface area contributed by atoms with Crippen molar-refractivity contribution in [1.82, 2.24) is 10.2 Å². The van der Waals surface area contributed by atoms with E-state index in [1.54, 1.807) is 0 Å². The fourth-order valence-electron chi connectivity index (χ4n) is 1.94. The predicted octanol–water partition coefficient (Wildman–Crippen LogP) is 3.64. The first-order valence-corrected chi connectivity index (χ1v) is 8.06. The van der Waals surface area contributed by atoms with Crippen LogP contribution in [0.5, 0.6) is 5.75 Å². The Morgan fingerprint density at radius 1 is 1.14 bits per heavy atom. The molecular formula is C17H24N2OS. The highest BCUT2D eigenvalue weighted by atomic mass is 32.1. The van der Waals surface area contributed by atoms with E-state index < -0.39 is 0 Å². The fourth-order valence-corrected chi connectivity index (χ4v) is 3.02. The molecule has 0 saturated carbocycles. The van der Waals surface area contributed by atoms with Gasteiger partial charge in [-0.05, 0) is 70.0 Å². The summed E-state index contributed by atoms with van der Waals surface area (Å²) in [4.78, 5) is 4.77. The monoisotopic (exact) mass is 304 g/mol. The summed E-state index contributed by atoms with van der Waals surface area (Å²) in [6, 6.07) is 13.1. The standard InChI is InChI=1S/C17H24N2OS/c1-13(18-2)16-9-10-17(21-16)14-5-7-15(8-6-14)20-12-11-19(3)4/h5-10,13,18H,11-12H2,1-4H3. The van der Waals surface area contributed by atoms with Gasteiger partial charge in [0.25, 0.3) is 0 Å². The van der Waals surface area contributed by atoms with Crippen LogP contribution < -0.4 is 10.1 Å². The molecule has 0 aliphatic carbocycles. The quantitative estimate of drug-likeness (QED) is 0.845. The number of likely N-dealkylation sites (N-methyl/N-ethyl adjacent to an activating group) is 1. The Hall–Kier alpha value is -1.36. The van der Waals surface area contributed by atoms with Gasteiger partial charge in [-0.15, -0.1) is 11.3 Å². The normalized spacial score (nSPS) is 12.6. The van der Waals surface area contributed by atoms with Gasteiger partial charge in [-0.3, -0.25) is 0 Å². The number of hydrogen-bond acceptors (Lipinski definition) is 4. The Balaban J connectivity index is 2.00. The second-order valence-corrected chi connectivity index (χ2v) is 6.50. The van der Waals surface area contributed by atoms with Crippen molar-refractivity contribution in [2.75, 3.05) is 34.3 Å². The van der Waals surface area contributed by atoms with Crippen molar-refractivity contribution in [1.29, 1.82) is 0 Å². The maximum absolute atomic E-state index is 5.72. The molecule has 1 unspecified atom stereocenters. The van der Waals surface area contributed by atoms with Crippen LogP contribution >= 0.6 is 11.3 Å². The molecule has 0 saturated heterocycles. The van der Waals surface area contributed by atoms with Crippen LogP contribution in [-0.4, -0.2) is 39.2 Å². The zero-order valence-electron chi connectivity index (χ0n) is 13.2. The van der Waals surface area contributed by atoms with Crippen LogP contribution in [0.4, 0.5) is 0 Å². The number of benzene rings is 1. The zero-order valence-corrected chi connectivity index (χ0v) is 14.0. The van der Waals surface area contributed by atoms with E-state index in [1.807, 2.05) is 44.6 Å². The van der Waals surface area contributed by atoms with E-state index in [9.17, 15) is 0 Å². The van der Waals surface area contributed by atoms with Gasteiger partial charge < -0.3 is 15.0 Å². The first kappa shape index (κ1) is 16.0. The molecule has 0 radical (unpaired) electrons. The van der Waals surface area contributed by atoms with Crippen LogP contribution in [0.1, 0.15) is 17.8 Å². The molecule has 114 valence electrons. The maximum Gasteiger partial charge on any atom is 0.119 e. The Kier molecular flexibility index (Phi) is 5.79. The van der Waals surface area contributed by atoms with Crippen molar-refractivity contribution in [3.05, 3.63) is 41.3 Å². The summed E-state index contributed by atoms with van der Waals surface area (Å²) in [6.07, 6.45) is 0. The highest BCUT2D eigenvalue weighted by Gasteiger charge is 2.08. The van der Waals surface area contributed by atoms with Crippen LogP contribution in [0, 0.1) is 0 Å². The SMILES string of the molecule is CNC(C)c1ccc(-c2ccc(OCCN(C)C)cc2)s1. The molecule has 1 N–H and O–H groups in total. The molecular weight excluding hydrogens is 280 g/mol. The molecule has 2 rings (SSSR count). The molecule has 0 spiro atoms. The molecule has 1 aromatic heterocycles. The smallest absolute Gasteiger partial charge is 0.119 e. The average Bonchev–Trinajstić information content (AvgIpc) is 2.96. The lowest BCUT2D eigenvalue weighted by Gasteiger charge is -2.11. The van der Waals surface area contributed by atoms with Gasteiger partial charge in [-0.1, -0.05) is 0 Å². The van der Waals surface area contributed by atoms with Crippen LogP contribution in [0.25, 0.3) is 10.4 Å². The Bertz CT molecular complexity index is 548. The van der Waals surface area contributed by atoms with E-state index in [1.165, 1.54) is 15.3 Å². The lowest BCUT2D eigenvalue weighted by Crippen LogP contribution is -2.19. The van der Waals surface area contributed by atoms with Crippen molar-refractivity contribution < 1.29 is 4.74 Å². The van der Waals surface area contributed by atoms with Gasteiger partial charge in [-0.25, -0.2) is 0 Å². The minimum atomic E-state index is 0.400. The lowest BCUT2D eigenvalue weighted by molar-refractivity contribution is 0.261. The summed E-state index contributed by atoms with van der Waals surface area (Å²) in [5.41, 5.74) is 1.24. The molecule has 1 heterocycles. The highest BCUT2D eigenvalue weighted by molar-refractivity contribution is 7.15. The van der Waals surface area contributed by atoms with Crippen LogP contribution in [-0.2, 0) is 0 Å². The largest absolute Gasteiger partial charge is 0.492 e. The Labute approximate surface area is 131 Å². The minimum absolute atomic E-state index is 0.400. The zero-order chi connectivity index (χ0) is 15.2. The predicted molar refractivity (Wildman–Crippen MR) is 91.3 cm³/mol. The topological polar surface area (TPSA) is 24.5 Å². The maximum atomic E-state index is 5.72. The fraction of sp³-hybridized carbons (Fsp3) is 0.412. The molecule has 3 nitrogen and oxygen atoms in total. The number of ether oxygens (including phenoxy) is 1. The molecule has 21 heavy (non-hydrogen) atoms. The third-order valence-electron chi connectivity index (χ3n) is 3.43. The van der Waals surface area contributed by atoms with E-state index in [0.29, 0.717) is 6.04 Å². The highest BCUT2D eigenvalue weighted by Crippen LogP contribution is 2.32. The Morgan fingerprint density at radius 3 is 2.48 bits per heavy atom. The Morgan fingerprint density at radius 2 is 1.86 bits per heavy atom. The van der Waals surface area contributed by atoms with Crippen LogP contribution in [0.3, 0.4) is 0 Å². The van der Waals surface area contributed by atoms with E-state index in [4.69, 9.17) is 4.74 Å². The van der Waals surface area contributed by atoms with E-state index in [-0.39, 0.29) is 0 Å². The molecule has 4 heteroatoms. The summed E-state index contributed by atoms with van der Waals surface area (Å²) in [6.45, 7) is 3.82. The van der Waals surface area contributed by atoms with Gasteiger partial charge in [0, 0.05) is 22.3 Å². The molecule has 0 amide bonds. The molecule has 1 aromatic carbocycles. The molecule has 1 atom stereocenters. The molecule has 0 bridgehead atoms. The third-order valence-corrected chi connectivity index (χ3v) is 4.75. The van der Waals surface area contributed by atoms with Crippen LogP contribution in [0.2, 0.25) is 0 Å². The van der Waals surface area contributed by atoms with E-state index >= 15 is 0 Å². The van der Waals surface area contributed by atoms with E-state index in [0.717, 1.165) is 18.9 Å². The number of nitrogens with zero attached hydrogens (tertiary/aromatic N) is 1. The number of nitrogens with one attached hydrogen (secondary N) is 1. The van der Waals surface area contributed by atoms with E-state index in [2.05, 4.69) is 41.4 Å². The van der Waals surface area contributed by atoms with Crippen LogP contribution in [0.15, 0.2) is 36.4 Å². The lowest BCUT2D eigenvalue weighted by atomic mass is 10.2. The summed E-state index contributed by atoms with van der Waals surface area (Å²) in [5, 5.41) is 3.27. The second kappa shape index (κ2) is 7.59. The van der Waals surface area contributed by atoms with Gasteiger partial charge in [0.1, 0.15) is 12.4 Å². The third kappa shape index (κ3) is 4.56. The second-order valence-electron chi connectivity index (χ2n) is 5.39. The van der Waals surface area contributed by atoms with Gasteiger partial charge in [0.2, 0.25) is 0 Å². The molecule has 0 aliphatic heterocycles. The minimum Gasteiger partial charge on any atom is -0.492 e. The first-order chi connectivity index (χ1) is 10.1. The summed E-state index contributed by atoms with van der Waals surface area (Å²) >= 11 is 1.84. The first-order valence-electron chi connectivity index (χ1n) is 7.25.